The molecule has 2 heterocycles. The second-order valence-electron chi connectivity index (χ2n) is 9.83. The molecule has 1 aliphatic rings. The van der Waals surface area contributed by atoms with Crippen LogP contribution in [0.15, 0.2) is 42.6 Å². The van der Waals surface area contributed by atoms with E-state index in [2.05, 4.69) is 11.2 Å². The highest BCUT2D eigenvalue weighted by Gasteiger charge is 2.27. The third-order valence-electron chi connectivity index (χ3n) is 5.92. The van der Waals surface area contributed by atoms with E-state index in [9.17, 15) is 14.0 Å². The van der Waals surface area contributed by atoms with E-state index in [1.165, 1.54) is 6.07 Å². The van der Waals surface area contributed by atoms with Crippen LogP contribution in [0.1, 0.15) is 65.5 Å². The number of carbonyl (C=O) groups excluding carboxylic acids is 2. The molecule has 0 unspecified atom stereocenters. The second-order valence-corrected chi connectivity index (χ2v) is 9.83. The molecule has 4 rings (SSSR count). The van der Waals surface area contributed by atoms with Crippen LogP contribution >= 0.6 is 0 Å². The Bertz CT molecular complexity index is 1260. The van der Waals surface area contributed by atoms with E-state index in [-0.39, 0.29) is 30.3 Å². The molecular formula is C27H30FN3O3. The van der Waals surface area contributed by atoms with E-state index in [0.717, 1.165) is 28.1 Å². The molecule has 0 aliphatic carbocycles. The van der Waals surface area contributed by atoms with Gasteiger partial charge in [-0.1, -0.05) is 23.8 Å². The lowest BCUT2D eigenvalue weighted by molar-refractivity contribution is -0.154. The van der Waals surface area contributed by atoms with Gasteiger partial charge >= 0.3 is 5.97 Å². The molecule has 1 aromatic heterocycles. The highest BCUT2D eigenvalue weighted by molar-refractivity contribution is 6.06. The normalized spacial score (nSPS) is 13.2. The first-order valence-corrected chi connectivity index (χ1v) is 11.4. The SMILES string of the molecule is Cc1ccc2c(c1)Cc1c(cnn1C)CN2C(=O)c1ccc(CCC(=O)OC(C)(C)C)c(F)c1. The van der Waals surface area contributed by atoms with Gasteiger partial charge in [0.25, 0.3) is 5.91 Å². The van der Waals surface area contributed by atoms with Crippen molar-refractivity contribution in [1.82, 2.24) is 9.78 Å². The van der Waals surface area contributed by atoms with Crippen LogP contribution in [-0.2, 0) is 36.0 Å². The van der Waals surface area contributed by atoms with Crippen molar-refractivity contribution >= 4 is 17.6 Å². The number of hydrogen-bond acceptors (Lipinski definition) is 4. The minimum atomic E-state index is -0.581. The monoisotopic (exact) mass is 463 g/mol. The Kier molecular flexibility index (Phi) is 6.30. The average Bonchev–Trinajstić information content (AvgIpc) is 3.00. The maximum absolute atomic E-state index is 14.9. The molecule has 2 aromatic carbocycles. The second kappa shape index (κ2) is 9.05. The number of halogens is 1. The number of amides is 1. The van der Waals surface area contributed by atoms with Gasteiger partial charge in [-0.2, -0.15) is 5.10 Å². The predicted octanol–water partition coefficient (Wildman–Crippen LogP) is 4.89. The Morgan fingerprint density at radius 3 is 2.59 bits per heavy atom. The predicted molar refractivity (Wildman–Crippen MR) is 128 cm³/mol. The summed E-state index contributed by atoms with van der Waals surface area (Å²) >= 11 is 0. The van der Waals surface area contributed by atoms with E-state index in [4.69, 9.17) is 4.74 Å². The molecule has 0 atom stereocenters. The van der Waals surface area contributed by atoms with Crippen LogP contribution in [0, 0.1) is 12.7 Å². The zero-order chi connectivity index (χ0) is 24.6. The third kappa shape index (κ3) is 5.03. The molecule has 178 valence electrons. The number of rotatable bonds is 4. The van der Waals surface area contributed by atoms with Crippen LogP contribution in [-0.4, -0.2) is 27.3 Å². The van der Waals surface area contributed by atoms with Crippen molar-refractivity contribution in [1.29, 1.82) is 0 Å². The summed E-state index contributed by atoms with van der Waals surface area (Å²) in [5, 5.41) is 4.37. The minimum Gasteiger partial charge on any atom is -0.460 e. The Hall–Kier alpha value is -3.48. The van der Waals surface area contributed by atoms with Crippen molar-refractivity contribution < 1.29 is 18.7 Å². The molecule has 0 saturated heterocycles. The van der Waals surface area contributed by atoms with Gasteiger partial charge in [0, 0.05) is 42.4 Å². The van der Waals surface area contributed by atoms with Crippen molar-refractivity contribution in [2.24, 2.45) is 7.05 Å². The zero-order valence-electron chi connectivity index (χ0n) is 20.3. The summed E-state index contributed by atoms with van der Waals surface area (Å²) in [5.41, 5.74) is 5.05. The Morgan fingerprint density at radius 1 is 1.12 bits per heavy atom. The van der Waals surface area contributed by atoms with Crippen LogP contribution in [0.3, 0.4) is 0 Å². The number of aryl methyl sites for hydroxylation is 3. The molecule has 1 amide bonds. The molecule has 34 heavy (non-hydrogen) atoms. The fourth-order valence-corrected chi connectivity index (χ4v) is 4.27. The lowest BCUT2D eigenvalue weighted by Gasteiger charge is -2.23. The lowest BCUT2D eigenvalue weighted by atomic mass is 10.0. The molecule has 0 bridgehead atoms. The van der Waals surface area contributed by atoms with Gasteiger partial charge in [-0.05, 0) is 63.4 Å². The van der Waals surface area contributed by atoms with Gasteiger partial charge in [0.1, 0.15) is 11.4 Å². The molecule has 6 nitrogen and oxygen atoms in total. The maximum Gasteiger partial charge on any atom is 0.306 e. The number of hydrogen-bond donors (Lipinski definition) is 0. The van der Waals surface area contributed by atoms with Crippen LogP contribution in [0.25, 0.3) is 0 Å². The molecule has 0 radical (unpaired) electrons. The van der Waals surface area contributed by atoms with E-state index < -0.39 is 11.4 Å². The zero-order valence-corrected chi connectivity index (χ0v) is 20.3. The molecule has 7 heteroatoms. The number of carbonyl (C=O) groups is 2. The molecule has 0 fully saturated rings. The van der Waals surface area contributed by atoms with Crippen molar-refractivity contribution in [2.75, 3.05) is 4.90 Å². The van der Waals surface area contributed by atoms with Gasteiger partial charge in [0.15, 0.2) is 0 Å². The molecule has 0 saturated carbocycles. The van der Waals surface area contributed by atoms with E-state index in [0.29, 0.717) is 18.5 Å². The quantitative estimate of drug-likeness (QED) is 0.517. The summed E-state index contributed by atoms with van der Waals surface area (Å²) in [6.45, 7) is 7.76. The Balaban J connectivity index is 1.59. The molecule has 0 spiro atoms. The standard InChI is InChI=1S/C27H30FN3O3/c1-17-6-10-23-20(12-17)14-24-21(15-29-30(24)5)16-31(23)26(33)19-8-7-18(22(28)13-19)9-11-25(32)34-27(2,3)4/h6-8,10,12-13,15H,9,11,14,16H2,1-5H3. The molecule has 3 aromatic rings. The topological polar surface area (TPSA) is 64.4 Å². The first-order valence-electron chi connectivity index (χ1n) is 11.4. The summed E-state index contributed by atoms with van der Waals surface area (Å²) in [7, 11) is 1.90. The van der Waals surface area contributed by atoms with Gasteiger partial charge < -0.3 is 9.64 Å². The van der Waals surface area contributed by atoms with Crippen LogP contribution in [0.4, 0.5) is 10.1 Å². The van der Waals surface area contributed by atoms with Crippen molar-refractivity contribution in [3.63, 3.8) is 0 Å². The van der Waals surface area contributed by atoms with Crippen molar-refractivity contribution in [2.45, 2.75) is 59.1 Å². The Morgan fingerprint density at radius 2 is 1.88 bits per heavy atom. The number of fused-ring (bicyclic) bond motifs is 2. The fraction of sp³-hybridized carbons (Fsp3) is 0.370. The third-order valence-corrected chi connectivity index (χ3v) is 5.92. The summed E-state index contributed by atoms with van der Waals surface area (Å²) in [6, 6.07) is 10.5. The van der Waals surface area contributed by atoms with E-state index >= 15 is 0 Å². The largest absolute Gasteiger partial charge is 0.460 e. The smallest absolute Gasteiger partial charge is 0.306 e. The first-order chi connectivity index (χ1) is 16.0. The fourth-order valence-electron chi connectivity index (χ4n) is 4.27. The summed E-state index contributed by atoms with van der Waals surface area (Å²) in [4.78, 5) is 27.2. The number of nitrogens with zero attached hydrogens (tertiary/aromatic N) is 3. The van der Waals surface area contributed by atoms with Crippen LogP contribution in [0.2, 0.25) is 0 Å². The molecular weight excluding hydrogens is 433 g/mol. The van der Waals surface area contributed by atoms with Gasteiger partial charge in [-0.3, -0.25) is 14.3 Å². The number of aromatic nitrogens is 2. The lowest BCUT2D eigenvalue weighted by Crippen LogP contribution is -2.30. The highest BCUT2D eigenvalue weighted by Crippen LogP contribution is 2.32. The number of ether oxygens (including phenoxy) is 1. The number of anilines is 1. The summed E-state index contributed by atoms with van der Waals surface area (Å²) < 4.78 is 22.0. The van der Waals surface area contributed by atoms with E-state index in [1.54, 1.807) is 44.0 Å². The maximum atomic E-state index is 14.9. The first kappa shape index (κ1) is 23.7. The van der Waals surface area contributed by atoms with Gasteiger partial charge in [0.2, 0.25) is 0 Å². The summed E-state index contributed by atoms with van der Waals surface area (Å²) in [6.07, 6.45) is 2.74. The number of esters is 1. The summed E-state index contributed by atoms with van der Waals surface area (Å²) in [5.74, 6) is -1.16. The van der Waals surface area contributed by atoms with Crippen molar-refractivity contribution in [3.8, 4) is 0 Å². The average molecular weight is 464 g/mol. The van der Waals surface area contributed by atoms with Crippen molar-refractivity contribution in [3.05, 3.63) is 81.9 Å². The van der Waals surface area contributed by atoms with Crippen LogP contribution in [0.5, 0.6) is 0 Å². The van der Waals surface area contributed by atoms with Gasteiger partial charge in [0.05, 0.1) is 12.7 Å². The molecule has 1 aliphatic heterocycles. The minimum absolute atomic E-state index is 0.0735. The van der Waals surface area contributed by atoms with Gasteiger partial charge in [-0.25, -0.2) is 4.39 Å². The van der Waals surface area contributed by atoms with E-state index in [1.807, 2.05) is 30.8 Å². The number of benzene rings is 2. The van der Waals surface area contributed by atoms with Gasteiger partial charge in [-0.15, -0.1) is 0 Å². The molecule has 0 N–H and O–H groups in total. The highest BCUT2D eigenvalue weighted by atomic mass is 19.1. The Labute approximate surface area is 199 Å². The van der Waals surface area contributed by atoms with Crippen LogP contribution < -0.4 is 4.90 Å².